The van der Waals surface area contributed by atoms with Gasteiger partial charge in [-0.3, -0.25) is 14.7 Å². The summed E-state index contributed by atoms with van der Waals surface area (Å²) in [5.74, 6) is -0.0767. The van der Waals surface area contributed by atoms with Crippen LogP contribution in [0.15, 0.2) is 70.8 Å². The molecule has 170 valence electrons. The molecule has 0 bridgehead atoms. The fourth-order valence-corrected chi connectivity index (χ4v) is 4.35. The van der Waals surface area contributed by atoms with Crippen molar-refractivity contribution in [2.24, 2.45) is 0 Å². The largest absolute Gasteiger partial charge is 0.447 e. The minimum absolute atomic E-state index is 0.250. The van der Waals surface area contributed by atoms with E-state index in [0.29, 0.717) is 38.5 Å². The van der Waals surface area contributed by atoms with E-state index >= 15 is 0 Å². The standard InChI is InChI=1S/C25H25FN4O2S/c1-18-10-13-33-23(18)15-30(14-19-5-7-20(26)8-6-19)16-24-29-22(17-32-24)25(31)28-12-9-21-4-2-3-11-27-21/h2-8,10-11,13,17H,9,12,14-16H2,1H3,(H,28,31). The van der Waals surface area contributed by atoms with Crippen LogP contribution in [-0.2, 0) is 26.1 Å². The summed E-state index contributed by atoms with van der Waals surface area (Å²) < 4.78 is 18.9. The molecule has 0 aliphatic rings. The molecular weight excluding hydrogens is 439 g/mol. The Labute approximate surface area is 196 Å². The number of pyridine rings is 1. The normalized spacial score (nSPS) is 11.1. The Balaban J connectivity index is 1.38. The van der Waals surface area contributed by atoms with E-state index in [-0.39, 0.29) is 17.4 Å². The molecule has 0 saturated heterocycles. The van der Waals surface area contributed by atoms with Crippen LogP contribution in [0.25, 0.3) is 0 Å². The fourth-order valence-electron chi connectivity index (χ4n) is 3.40. The van der Waals surface area contributed by atoms with E-state index in [4.69, 9.17) is 4.42 Å². The molecule has 0 saturated carbocycles. The van der Waals surface area contributed by atoms with Gasteiger partial charge in [-0.15, -0.1) is 11.3 Å². The van der Waals surface area contributed by atoms with Crippen molar-refractivity contribution in [1.29, 1.82) is 0 Å². The molecule has 4 aromatic rings. The van der Waals surface area contributed by atoms with Crippen LogP contribution in [0.1, 0.15) is 38.1 Å². The topological polar surface area (TPSA) is 71.3 Å². The van der Waals surface area contributed by atoms with Crippen LogP contribution in [-0.4, -0.2) is 27.3 Å². The number of hydrogen-bond acceptors (Lipinski definition) is 6. The van der Waals surface area contributed by atoms with Crippen molar-refractivity contribution in [3.63, 3.8) is 0 Å². The zero-order valence-electron chi connectivity index (χ0n) is 18.3. The third kappa shape index (κ3) is 6.57. The molecule has 0 radical (unpaired) electrons. The Hall–Kier alpha value is -3.36. The average molecular weight is 465 g/mol. The highest BCUT2D eigenvalue weighted by Gasteiger charge is 2.17. The number of benzene rings is 1. The van der Waals surface area contributed by atoms with Crippen LogP contribution in [0.4, 0.5) is 4.39 Å². The van der Waals surface area contributed by atoms with Gasteiger partial charge >= 0.3 is 0 Å². The minimum atomic E-state index is -0.278. The predicted molar refractivity (Wildman–Crippen MR) is 125 cm³/mol. The van der Waals surface area contributed by atoms with Gasteiger partial charge in [0.15, 0.2) is 5.69 Å². The van der Waals surface area contributed by atoms with E-state index in [0.717, 1.165) is 11.3 Å². The molecule has 0 aliphatic heterocycles. The van der Waals surface area contributed by atoms with Crippen molar-refractivity contribution in [2.75, 3.05) is 6.54 Å². The molecule has 0 atom stereocenters. The maximum Gasteiger partial charge on any atom is 0.273 e. The first kappa shape index (κ1) is 22.8. The highest BCUT2D eigenvalue weighted by molar-refractivity contribution is 7.10. The molecule has 1 amide bonds. The third-order valence-corrected chi connectivity index (χ3v) is 6.20. The average Bonchev–Trinajstić information content (AvgIpc) is 3.45. The second kappa shape index (κ2) is 11.0. The first-order chi connectivity index (χ1) is 16.1. The summed E-state index contributed by atoms with van der Waals surface area (Å²) in [5.41, 5.74) is 3.38. The second-order valence-electron chi connectivity index (χ2n) is 7.75. The molecule has 33 heavy (non-hydrogen) atoms. The molecule has 0 fully saturated rings. The molecule has 3 heterocycles. The summed E-state index contributed by atoms with van der Waals surface area (Å²) in [4.78, 5) is 24.5. The Morgan fingerprint density at radius 1 is 1.12 bits per heavy atom. The van der Waals surface area contributed by atoms with Crippen molar-refractivity contribution in [1.82, 2.24) is 20.2 Å². The third-order valence-electron chi connectivity index (χ3n) is 5.19. The first-order valence-electron chi connectivity index (χ1n) is 10.7. The number of rotatable bonds is 10. The van der Waals surface area contributed by atoms with Crippen LogP contribution >= 0.6 is 11.3 Å². The lowest BCUT2D eigenvalue weighted by Gasteiger charge is -2.20. The van der Waals surface area contributed by atoms with Crippen LogP contribution < -0.4 is 5.32 Å². The van der Waals surface area contributed by atoms with Gasteiger partial charge in [0.1, 0.15) is 12.1 Å². The number of halogens is 1. The Bertz CT molecular complexity index is 1170. The summed E-state index contributed by atoms with van der Waals surface area (Å²) in [6, 6.07) is 14.3. The van der Waals surface area contributed by atoms with Gasteiger partial charge in [0, 0.05) is 42.8 Å². The molecule has 8 heteroatoms. The Kier molecular flexibility index (Phi) is 7.59. The number of carbonyl (C=O) groups excluding carboxylic acids is 1. The van der Waals surface area contributed by atoms with Gasteiger partial charge in [-0.2, -0.15) is 0 Å². The van der Waals surface area contributed by atoms with E-state index in [2.05, 4.69) is 38.6 Å². The van der Waals surface area contributed by atoms with Gasteiger partial charge in [0.05, 0.1) is 6.54 Å². The fraction of sp³-hybridized carbons (Fsp3) is 0.240. The molecule has 4 rings (SSSR count). The molecule has 3 aromatic heterocycles. The molecule has 0 spiro atoms. The zero-order chi connectivity index (χ0) is 23.0. The van der Waals surface area contributed by atoms with E-state index in [1.54, 1.807) is 29.7 Å². The maximum absolute atomic E-state index is 13.3. The number of nitrogens with one attached hydrogen (secondary N) is 1. The van der Waals surface area contributed by atoms with Crippen molar-refractivity contribution < 1.29 is 13.6 Å². The van der Waals surface area contributed by atoms with Gasteiger partial charge in [-0.1, -0.05) is 18.2 Å². The van der Waals surface area contributed by atoms with Crippen LogP contribution in [0, 0.1) is 12.7 Å². The van der Waals surface area contributed by atoms with Crippen molar-refractivity contribution in [3.05, 3.63) is 105 Å². The molecule has 0 aliphatic carbocycles. The minimum Gasteiger partial charge on any atom is -0.447 e. The molecule has 1 aromatic carbocycles. The number of aryl methyl sites for hydroxylation is 1. The van der Waals surface area contributed by atoms with Gasteiger partial charge < -0.3 is 9.73 Å². The lowest BCUT2D eigenvalue weighted by atomic mass is 10.2. The Morgan fingerprint density at radius 2 is 1.97 bits per heavy atom. The summed E-state index contributed by atoms with van der Waals surface area (Å²) in [5, 5.41) is 4.92. The highest BCUT2D eigenvalue weighted by Crippen LogP contribution is 2.21. The number of thiophene rings is 1. The van der Waals surface area contributed by atoms with E-state index < -0.39 is 0 Å². The number of hydrogen-bond donors (Lipinski definition) is 1. The van der Waals surface area contributed by atoms with Crippen molar-refractivity contribution in [2.45, 2.75) is 33.0 Å². The summed E-state index contributed by atoms with van der Waals surface area (Å²) in [7, 11) is 0. The quantitative estimate of drug-likeness (QED) is 0.367. The van der Waals surface area contributed by atoms with Gasteiger partial charge in [-0.05, 0) is 53.8 Å². The zero-order valence-corrected chi connectivity index (χ0v) is 19.1. The number of carbonyl (C=O) groups is 1. The smallest absolute Gasteiger partial charge is 0.273 e. The number of amides is 1. The van der Waals surface area contributed by atoms with Crippen molar-refractivity contribution in [3.8, 4) is 0 Å². The number of nitrogens with zero attached hydrogens (tertiary/aromatic N) is 3. The van der Waals surface area contributed by atoms with Gasteiger partial charge in [0.2, 0.25) is 5.89 Å². The summed E-state index contributed by atoms with van der Waals surface area (Å²) in [6.45, 7) is 4.28. The number of oxazole rings is 1. The van der Waals surface area contributed by atoms with E-state index in [1.807, 2.05) is 18.2 Å². The lowest BCUT2D eigenvalue weighted by Crippen LogP contribution is -2.26. The second-order valence-corrected chi connectivity index (χ2v) is 8.75. The number of aromatic nitrogens is 2. The summed E-state index contributed by atoms with van der Waals surface area (Å²) in [6.07, 6.45) is 3.76. The van der Waals surface area contributed by atoms with Crippen LogP contribution in [0.2, 0.25) is 0 Å². The molecule has 6 nitrogen and oxygen atoms in total. The molecular formula is C25H25FN4O2S. The Morgan fingerprint density at radius 3 is 2.70 bits per heavy atom. The highest BCUT2D eigenvalue weighted by atomic mass is 32.1. The van der Waals surface area contributed by atoms with E-state index in [1.165, 1.54) is 28.8 Å². The van der Waals surface area contributed by atoms with Crippen LogP contribution in [0.5, 0.6) is 0 Å². The van der Waals surface area contributed by atoms with Crippen LogP contribution in [0.3, 0.4) is 0 Å². The SMILES string of the molecule is Cc1ccsc1CN(Cc1ccc(F)cc1)Cc1nc(C(=O)NCCc2ccccn2)co1. The van der Waals surface area contributed by atoms with Gasteiger partial charge in [0.25, 0.3) is 5.91 Å². The first-order valence-corrected chi connectivity index (χ1v) is 11.6. The van der Waals surface area contributed by atoms with E-state index in [9.17, 15) is 9.18 Å². The predicted octanol–water partition coefficient (Wildman–Crippen LogP) is 4.75. The lowest BCUT2D eigenvalue weighted by molar-refractivity contribution is 0.0949. The van der Waals surface area contributed by atoms with Crippen molar-refractivity contribution >= 4 is 17.2 Å². The maximum atomic E-state index is 13.3. The molecule has 1 N–H and O–H groups in total. The summed E-state index contributed by atoms with van der Waals surface area (Å²) >= 11 is 1.70. The van der Waals surface area contributed by atoms with Gasteiger partial charge in [-0.25, -0.2) is 9.37 Å². The monoisotopic (exact) mass is 464 g/mol. The molecule has 0 unspecified atom stereocenters.